The van der Waals surface area contributed by atoms with E-state index in [1.54, 1.807) is 0 Å². The van der Waals surface area contributed by atoms with E-state index in [-0.39, 0.29) is 23.7 Å². The second kappa shape index (κ2) is 8.24. The highest BCUT2D eigenvalue weighted by molar-refractivity contribution is 6.03. The van der Waals surface area contributed by atoms with Crippen molar-refractivity contribution in [1.82, 2.24) is 14.5 Å². The minimum Gasteiger partial charge on any atom is -0.352 e. The molecule has 0 saturated carbocycles. The van der Waals surface area contributed by atoms with Gasteiger partial charge >= 0.3 is 5.69 Å². The topological polar surface area (TPSA) is 102 Å². The van der Waals surface area contributed by atoms with Crippen LogP contribution in [0.15, 0.2) is 39.9 Å². The van der Waals surface area contributed by atoms with Crippen molar-refractivity contribution in [3.05, 3.63) is 62.3 Å². The molecule has 0 unspecified atom stereocenters. The fourth-order valence-electron chi connectivity index (χ4n) is 3.35. The Kier molecular flexibility index (Phi) is 5.77. The van der Waals surface area contributed by atoms with Gasteiger partial charge in [0.15, 0.2) is 0 Å². The summed E-state index contributed by atoms with van der Waals surface area (Å²) < 4.78 is 2.42. The second-order valence-corrected chi connectivity index (χ2v) is 6.92. The molecule has 1 aromatic heterocycles. The maximum Gasteiger partial charge on any atom is 0.332 e. The number of anilines is 1. The first-order valence-electron chi connectivity index (χ1n) is 9.39. The van der Waals surface area contributed by atoms with Gasteiger partial charge in [0.25, 0.3) is 5.56 Å². The van der Waals surface area contributed by atoms with Crippen LogP contribution in [-0.4, -0.2) is 20.9 Å². The maximum atomic E-state index is 12.6. The monoisotopic (exact) mass is 384 g/mol. The largest absolute Gasteiger partial charge is 0.352 e. The fraction of sp³-hybridized carbons (Fsp3) is 0.400. The zero-order valence-electron chi connectivity index (χ0n) is 16.0. The average molecular weight is 384 g/mol. The predicted octanol–water partition coefficient (Wildman–Crippen LogP) is 1.09. The molecular formula is C20H24N4O4. The lowest BCUT2D eigenvalue weighted by Crippen LogP contribution is -2.40. The Morgan fingerprint density at radius 2 is 1.89 bits per heavy atom. The lowest BCUT2D eigenvalue weighted by molar-refractivity contribution is -0.125. The molecule has 0 aliphatic carbocycles. The lowest BCUT2D eigenvalue weighted by Gasteiger charge is -2.13. The molecule has 148 valence electrons. The number of carbonyl (C=O) groups is 2. The number of rotatable bonds is 7. The molecule has 0 saturated heterocycles. The summed E-state index contributed by atoms with van der Waals surface area (Å²) in [7, 11) is 1.39. The normalized spacial score (nSPS) is 15.2. The third-order valence-electron chi connectivity index (χ3n) is 4.94. The van der Waals surface area contributed by atoms with Crippen molar-refractivity contribution in [2.24, 2.45) is 7.05 Å². The first kappa shape index (κ1) is 19.6. The molecule has 1 atom stereocenters. The van der Waals surface area contributed by atoms with Crippen molar-refractivity contribution in [3.8, 4) is 0 Å². The first-order chi connectivity index (χ1) is 13.4. The van der Waals surface area contributed by atoms with Crippen LogP contribution >= 0.6 is 0 Å². The molecule has 8 nitrogen and oxygen atoms in total. The van der Waals surface area contributed by atoms with E-state index in [0.29, 0.717) is 13.1 Å². The van der Waals surface area contributed by atoms with Gasteiger partial charge in [-0.2, -0.15) is 0 Å². The van der Waals surface area contributed by atoms with Gasteiger partial charge in [0.2, 0.25) is 11.8 Å². The number of amides is 2. The minimum absolute atomic E-state index is 0.146. The van der Waals surface area contributed by atoms with Crippen molar-refractivity contribution in [2.45, 2.75) is 45.2 Å². The zero-order chi connectivity index (χ0) is 20.3. The number of hydrogen-bond acceptors (Lipinski definition) is 4. The summed E-state index contributed by atoms with van der Waals surface area (Å²) in [6, 6.07) is 9.42. The molecule has 0 fully saturated rings. The van der Waals surface area contributed by atoms with Gasteiger partial charge in [-0.05, 0) is 12.0 Å². The summed E-state index contributed by atoms with van der Waals surface area (Å²) in [5.41, 5.74) is 0.133. The Bertz CT molecular complexity index is 1010. The van der Waals surface area contributed by atoms with E-state index >= 15 is 0 Å². The Hall–Kier alpha value is -3.16. The maximum absolute atomic E-state index is 12.6. The summed E-state index contributed by atoms with van der Waals surface area (Å²) in [5.74, 6) is -1.44. The molecule has 28 heavy (non-hydrogen) atoms. The number of hydrogen-bond donors (Lipinski definition) is 2. The molecule has 1 aliphatic heterocycles. The summed E-state index contributed by atoms with van der Waals surface area (Å²) >= 11 is 0. The van der Waals surface area contributed by atoms with Gasteiger partial charge in [0.1, 0.15) is 5.82 Å². The van der Waals surface area contributed by atoms with E-state index in [1.165, 1.54) is 11.6 Å². The van der Waals surface area contributed by atoms with Gasteiger partial charge in [-0.25, -0.2) is 4.79 Å². The molecule has 2 heterocycles. The predicted molar refractivity (Wildman–Crippen MR) is 105 cm³/mol. The molecule has 2 aromatic rings. The van der Waals surface area contributed by atoms with Crippen LogP contribution in [0.5, 0.6) is 0 Å². The van der Waals surface area contributed by atoms with E-state index in [0.717, 1.165) is 23.0 Å². The third kappa shape index (κ3) is 3.76. The second-order valence-electron chi connectivity index (χ2n) is 6.92. The highest BCUT2D eigenvalue weighted by atomic mass is 16.2. The van der Waals surface area contributed by atoms with Gasteiger partial charge in [-0.3, -0.25) is 23.5 Å². The Morgan fingerprint density at radius 1 is 1.18 bits per heavy atom. The Morgan fingerprint density at radius 3 is 2.57 bits per heavy atom. The summed E-state index contributed by atoms with van der Waals surface area (Å²) in [6.45, 7) is 2.74. The number of nitrogens with one attached hydrogen (secondary N) is 2. The number of benzene rings is 1. The van der Waals surface area contributed by atoms with Crippen LogP contribution in [0.4, 0.5) is 5.82 Å². The average Bonchev–Trinajstić information content (AvgIpc) is 3.01. The van der Waals surface area contributed by atoms with E-state index in [2.05, 4.69) is 10.6 Å². The zero-order valence-corrected chi connectivity index (χ0v) is 16.0. The molecule has 0 spiro atoms. The van der Waals surface area contributed by atoms with Crippen LogP contribution in [0.3, 0.4) is 0 Å². The summed E-state index contributed by atoms with van der Waals surface area (Å²) in [6.07, 6.45) is 1.46. The van der Waals surface area contributed by atoms with Crippen LogP contribution in [0.1, 0.15) is 43.2 Å². The number of aromatic nitrogens is 2. The quantitative estimate of drug-likeness (QED) is 0.746. The molecule has 2 amide bonds. The lowest BCUT2D eigenvalue weighted by atomic mass is 9.99. The van der Waals surface area contributed by atoms with Gasteiger partial charge in [0.05, 0.1) is 11.5 Å². The SMILES string of the molecule is CCCCn1c2c(c(=O)n(C)c1=O)[C@@H](CC(=O)NCc1ccccc1)C(=O)N2. The van der Waals surface area contributed by atoms with Crippen molar-refractivity contribution in [3.63, 3.8) is 0 Å². The highest BCUT2D eigenvalue weighted by Gasteiger charge is 2.38. The molecular weight excluding hydrogens is 360 g/mol. The molecule has 1 aromatic carbocycles. The number of unbranched alkanes of at least 4 members (excludes halogenated alkanes) is 1. The molecule has 2 N–H and O–H groups in total. The number of carbonyl (C=O) groups excluding carboxylic acids is 2. The number of fused-ring (bicyclic) bond motifs is 1. The fourth-order valence-corrected chi connectivity index (χ4v) is 3.35. The van der Waals surface area contributed by atoms with Gasteiger partial charge in [-0.15, -0.1) is 0 Å². The smallest absolute Gasteiger partial charge is 0.332 e. The first-order valence-corrected chi connectivity index (χ1v) is 9.39. The van der Waals surface area contributed by atoms with Crippen LogP contribution in [0, 0.1) is 0 Å². The third-order valence-corrected chi connectivity index (χ3v) is 4.94. The van der Waals surface area contributed by atoms with Crippen molar-refractivity contribution in [2.75, 3.05) is 5.32 Å². The summed E-state index contributed by atoms with van der Waals surface area (Å²) in [4.78, 5) is 50.0. The Labute approximate surface area is 162 Å². The highest BCUT2D eigenvalue weighted by Crippen LogP contribution is 2.31. The van der Waals surface area contributed by atoms with Crippen LogP contribution in [-0.2, 0) is 29.7 Å². The van der Waals surface area contributed by atoms with Crippen molar-refractivity contribution >= 4 is 17.6 Å². The summed E-state index contributed by atoms with van der Waals surface area (Å²) in [5, 5.41) is 5.42. The van der Waals surface area contributed by atoms with Gasteiger partial charge < -0.3 is 10.6 Å². The molecule has 0 radical (unpaired) electrons. The van der Waals surface area contributed by atoms with Crippen molar-refractivity contribution in [1.29, 1.82) is 0 Å². The van der Waals surface area contributed by atoms with E-state index < -0.39 is 23.1 Å². The van der Waals surface area contributed by atoms with Crippen LogP contribution in [0.2, 0.25) is 0 Å². The van der Waals surface area contributed by atoms with Crippen LogP contribution in [0.25, 0.3) is 0 Å². The van der Waals surface area contributed by atoms with E-state index in [9.17, 15) is 19.2 Å². The molecule has 3 rings (SSSR count). The van der Waals surface area contributed by atoms with Gasteiger partial charge in [0, 0.05) is 26.6 Å². The molecule has 1 aliphatic rings. The van der Waals surface area contributed by atoms with Crippen LogP contribution < -0.4 is 21.9 Å². The standard InChI is InChI=1S/C20H24N4O4/c1-3-4-10-24-17-16(19(27)23(2)20(24)28)14(18(26)22-17)11-15(25)21-12-13-8-6-5-7-9-13/h5-9,14H,3-4,10-12H2,1-2H3,(H,21,25)(H,22,26)/t14-/m1/s1. The molecule has 8 heteroatoms. The minimum atomic E-state index is -0.905. The van der Waals surface area contributed by atoms with E-state index in [4.69, 9.17) is 0 Å². The number of nitrogens with zero attached hydrogens (tertiary/aromatic N) is 2. The van der Waals surface area contributed by atoms with E-state index in [1.807, 2.05) is 37.3 Å². The Balaban J connectivity index is 1.84. The molecule has 0 bridgehead atoms. The van der Waals surface area contributed by atoms with Crippen molar-refractivity contribution < 1.29 is 9.59 Å². The van der Waals surface area contributed by atoms with Gasteiger partial charge in [-0.1, -0.05) is 43.7 Å².